The predicted molar refractivity (Wildman–Crippen MR) is 49.3 cm³/mol. The maximum Gasteiger partial charge on any atom is 0.103 e. The highest BCUT2D eigenvalue weighted by atomic mass is 19.1. The number of aliphatic hydroxyl groups is 1. The molecule has 0 unspecified atom stereocenters. The van der Waals surface area contributed by atoms with Gasteiger partial charge in [0.05, 0.1) is 6.10 Å². The molecule has 0 bridgehead atoms. The highest BCUT2D eigenvalue weighted by Gasteiger charge is 2.32. The van der Waals surface area contributed by atoms with E-state index in [0.29, 0.717) is 18.9 Å². The Bertz CT molecular complexity index is 168. The number of nitrogens with zero attached hydrogens (tertiary/aromatic N) is 1. The molecule has 0 aromatic carbocycles. The zero-order valence-electron chi connectivity index (χ0n) is 7.95. The minimum absolute atomic E-state index is 0.156. The second kappa shape index (κ2) is 3.93. The number of halogens is 1. The molecule has 2 nitrogen and oxygen atoms in total. The van der Waals surface area contributed by atoms with Gasteiger partial charge >= 0.3 is 0 Å². The Morgan fingerprint density at radius 3 is 2.31 bits per heavy atom. The molecular formula is C10H18FNO. The van der Waals surface area contributed by atoms with Gasteiger partial charge in [0.2, 0.25) is 0 Å². The lowest BCUT2D eigenvalue weighted by Gasteiger charge is -2.35. The van der Waals surface area contributed by atoms with Crippen LogP contribution in [0, 0.1) is 0 Å². The molecule has 0 radical (unpaired) electrons. The summed E-state index contributed by atoms with van der Waals surface area (Å²) in [4.78, 5) is 2.27. The zero-order valence-corrected chi connectivity index (χ0v) is 7.95. The minimum Gasteiger partial charge on any atom is -0.391 e. The van der Waals surface area contributed by atoms with Crippen molar-refractivity contribution in [2.24, 2.45) is 0 Å². The molecule has 2 rings (SSSR count). The molecular weight excluding hydrogens is 169 g/mol. The van der Waals surface area contributed by atoms with Crippen LogP contribution in [-0.4, -0.2) is 41.4 Å². The lowest BCUT2D eigenvalue weighted by Crippen LogP contribution is -2.45. The number of likely N-dealkylation sites (tertiary alicyclic amines) is 1. The molecule has 3 heteroatoms. The molecule has 1 saturated carbocycles. The lowest BCUT2D eigenvalue weighted by molar-refractivity contribution is 0.0420. The van der Waals surface area contributed by atoms with E-state index in [1.54, 1.807) is 0 Å². The van der Waals surface area contributed by atoms with Gasteiger partial charge in [0, 0.05) is 19.1 Å². The van der Waals surface area contributed by atoms with Crippen LogP contribution < -0.4 is 0 Å². The third-order valence-corrected chi connectivity index (χ3v) is 3.37. The first-order valence-corrected chi connectivity index (χ1v) is 5.33. The van der Waals surface area contributed by atoms with E-state index in [4.69, 9.17) is 0 Å². The molecule has 0 spiro atoms. The predicted octanol–water partition coefficient (Wildman–Crippen LogP) is 1.33. The van der Waals surface area contributed by atoms with E-state index in [9.17, 15) is 9.50 Å². The number of aliphatic hydroxyl groups excluding tert-OH is 1. The molecule has 1 heterocycles. The van der Waals surface area contributed by atoms with Crippen LogP contribution >= 0.6 is 0 Å². The molecule has 0 aromatic rings. The van der Waals surface area contributed by atoms with Crippen molar-refractivity contribution < 1.29 is 9.50 Å². The summed E-state index contributed by atoms with van der Waals surface area (Å²) in [6.07, 6.45) is 3.71. The number of piperidine rings is 1. The fourth-order valence-corrected chi connectivity index (χ4v) is 2.55. The van der Waals surface area contributed by atoms with Crippen molar-refractivity contribution in [3.05, 3.63) is 0 Å². The van der Waals surface area contributed by atoms with Crippen LogP contribution in [0.25, 0.3) is 0 Å². The van der Waals surface area contributed by atoms with E-state index in [0.717, 1.165) is 32.4 Å². The summed E-state index contributed by atoms with van der Waals surface area (Å²) in [6, 6.07) is 0.326. The van der Waals surface area contributed by atoms with Gasteiger partial charge in [0.25, 0.3) is 0 Å². The van der Waals surface area contributed by atoms with E-state index in [2.05, 4.69) is 4.90 Å². The van der Waals surface area contributed by atoms with Crippen LogP contribution in [0.15, 0.2) is 0 Å². The van der Waals surface area contributed by atoms with Crippen LogP contribution in [0.2, 0.25) is 0 Å². The Hall–Kier alpha value is -0.150. The third kappa shape index (κ3) is 2.02. The molecule has 1 saturated heterocycles. The average Bonchev–Trinajstić information content (AvgIpc) is 2.53. The van der Waals surface area contributed by atoms with E-state index < -0.39 is 6.17 Å². The molecule has 1 aliphatic carbocycles. The van der Waals surface area contributed by atoms with Gasteiger partial charge < -0.3 is 5.11 Å². The van der Waals surface area contributed by atoms with Gasteiger partial charge in [0.1, 0.15) is 6.17 Å². The van der Waals surface area contributed by atoms with Crippen molar-refractivity contribution >= 4 is 0 Å². The Morgan fingerprint density at radius 1 is 1.08 bits per heavy atom. The Balaban J connectivity index is 1.86. The zero-order chi connectivity index (χ0) is 9.26. The van der Waals surface area contributed by atoms with Crippen LogP contribution in [-0.2, 0) is 0 Å². The van der Waals surface area contributed by atoms with Gasteiger partial charge in [-0.1, -0.05) is 0 Å². The van der Waals surface area contributed by atoms with Gasteiger partial charge in [-0.25, -0.2) is 4.39 Å². The number of hydrogen-bond acceptors (Lipinski definition) is 2. The van der Waals surface area contributed by atoms with Crippen molar-refractivity contribution in [2.75, 3.05) is 13.1 Å². The van der Waals surface area contributed by atoms with Crippen LogP contribution in [0.5, 0.6) is 0 Å². The topological polar surface area (TPSA) is 23.5 Å². The van der Waals surface area contributed by atoms with E-state index in [-0.39, 0.29) is 6.10 Å². The Morgan fingerprint density at radius 2 is 1.77 bits per heavy atom. The van der Waals surface area contributed by atoms with E-state index in [1.807, 2.05) is 0 Å². The van der Waals surface area contributed by atoms with Gasteiger partial charge in [-0.2, -0.15) is 0 Å². The van der Waals surface area contributed by atoms with Crippen molar-refractivity contribution in [1.82, 2.24) is 4.90 Å². The highest BCUT2D eigenvalue weighted by Crippen LogP contribution is 2.27. The molecule has 2 fully saturated rings. The second-order valence-corrected chi connectivity index (χ2v) is 4.28. The average molecular weight is 187 g/mol. The normalized spacial score (nSPS) is 38.3. The number of rotatable bonds is 1. The fourth-order valence-electron chi connectivity index (χ4n) is 2.55. The molecule has 76 valence electrons. The lowest BCUT2D eigenvalue weighted by atomic mass is 10.1. The smallest absolute Gasteiger partial charge is 0.103 e. The first-order chi connectivity index (χ1) is 6.27. The molecule has 2 atom stereocenters. The summed E-state index contributed by atoms with van der Waals surface area (Å²) < 4.78 is 12.9. The maximum absolute atomic E-state index is 12.9. The van der Waals surface area contributed by atoms with Crippen molar-refractivity contribution in [3.63, 3.8) is 0 Å². The first-order valence-electron chi connectivity index (χ1n) is 5.33. The van der Waals surface area contributed by atoms with Crippen molar-refractivity contribution in [2.45, 2.75) is 50.4 Å². The van der Waals surface area contributed by atoms with Crippen LogP contribution in [0.3, 0.4) is 0 Å². The molecule has 0 aromatic heterocycles. The fraction of sp³-hybridized carbons (Fsp3) is 1.00. The minimum atomic E-state index is -0.602. The largest absolute Gasteiger partial charge is 0.391 e. The summed E-state index contributed by atoms with van der Waals surface area (Å²) in [5.41, 5.74) is 0. The number of hydrogen-bond donors (Lipinski definition) is 1. The van der Waals surface area contributed by atoms with E-state index in [1.165, 1.54) is 0 Å². The van der Waals surface area contributed by atoms with E-state index >= 15 is 0 Å². The van der Waals surface area contributed by atoms with Gasteiger partial charge in [0.15, 0.2) is 0 Å². The Kier molecular flexibility index (Phi) is 2.84. The first kappa shape index (κ1) is 9.41. The van der Waals surface area contributed by atoms with Gasteiger partial charge in [-0.15, -0.1) is 0 Å². The molecule has 1 aliphatic heterocycles. The second-order valence-electron chi connectivity index (χ2n) is 4.28. The van der Waals surface area contributed by atoms with Crippen molar-refractivity contribution in [1.29, 1.82) is 0 Å². The van der Waals surface area contributed by atoms with Crippen LogP contribution in [0.4, 0.5) is 4.39 Å². The van der Waals surface area contributed by atoms with Gasteiger partial charge in [-0.3, -0.25) is 4.90 Å². The van der Waals surface area contributed by atoms with Gasteiger partial charge in [-0.05, 0) is 32.1 Å². The number of alkyl halides is 1. The maximum atomic E-state index is 12.9. The molecule has 13 heavy (non-hydrogen) atoms. The Labute approximate surface area is 78.7 Å². The summed E-state index contributed by atoms with van der Waals surface area (Å²) in [7, 11) is 0. The van der Waals surface area contributed by atoms with Crippen molar-refractivity contribution in [3.8, 4) is 0 Å². The standard InChI is InChI=1S/C10H18FNO/c11-8-4-6-12(7-5-8)9-2-1-3-10(9)13/h8-10,13H,1-7H2/t9-,10-/m1/s1. The SMILES string of the molecule is O[C@@H]1CCC[C@H]1N1CCC(F)CC1. The summed E-state index contributed by atoms with van der Waals surface area (Å²) in [6.45, 7) is 1.67. The molecule has 0 amide bonds. The molecule has 2 aliphatic rings. The molecule has 1 N–H and O–H groups in total. The summed E-state index contributed by atoms with van der Waals surface area (Å²) in [5.74, 6) is 0. The summed E-state index contributed by atoms with van der Waals surface area (Å²) in [5, 5.41) is 9.67. The van der Waals surface area contributed by atoms with Crippen LogP contribution in [0.1, 0.15) is 32.1 Å². The summed E-state index contributed by atoms with van der Waals surface area (Å²) >= 11 is 0. The highest BCUT2D eigenvalue weighted by molar-refractivity contribution is 4.87. The quantitative estimate of drug-likeness (QED) is 0.669. The monoisotopic (exact) mass is 187 g/mol. The third-order valence-electron chi connectivity index (χ3n) is 3.37.